The molecule has 24 heavy (non-hydrogen) atoms. The van der Waals surface area contributed by atoms with Gasteiger partial charge in [-0.2, -0.15) is 0 Å². The number of aryl methyl sites for hydroxylation is 1. The monoisotopic (exact) mass is 359 g/mol. The van der Waals surface area contributed by atoms with Crippen LogP contribution in [0.5, 0.6) is 5.75 Å². The fourth-order valence-electron chi connectivity index (χ4n) is 2.63. The first-order chi connectivity index (χ1) is 11.6. The molecule has 0 fully saturated rings. The van der Waals surface area contributed by atoms with Gasteiger partial charge in [-0.25, -0.2) is 9.97 Å². The topological polar surface area (TPSA) is 65.2 Å². The number of hydrogen-bond donors (Lipinski definition) is 0. The summed E-state index contributed by atoms with van der Waals surface area (Å²) in [7, 11) is 1.58. The van der Waals surface area contributed by atoms with E-state index in [9.17, 15) is 0 Å². The summed E-state index contributed by atoms with van der Waals surface area (Å²) in [5.41, 5.74) is 3.16. The van der Waals surface area contributed by atoms with Gasteiger partial charge in [0.05, 0.1) is 17.8 Å². The van der Waals surface area contributed by atoms with Gasteiger partial charge in [0.1, 0.15) is 5.82 Å². The van der Waals surface area contributed by atoms with E-state index in [0.717, 1.165) is 5.69 Å². The lowest BCUT2D eigenvalue weighted by Crippen LogP contribution is -2.01. The molecule has 4 aromatic rings. The van der Waals surface area contributed by atoms with Crippen molar-refractivity contribution < 1.29 is 4.74 Å². The molecule has 120 valence electrons. The maximum atomic E-state index is 6.36. The molecule has 3 aromatic heterocycles. The van der Waals surface area contributed by atoms with E-state index in [1.807, 2.05) is 11.3 Å². The maximum Gasteiger partial charge on any atom is 0.184 e. The van der Waals surface area contributed by atoms with E-state index < -0.39 is 0 Å². The molecular weight excluding hydrogens is 349 g/mol. The van der Waals surface area contributed by atoms with Crippen LogP contribution in [-0.2, 0) is 0 Å². The van der Waals surface area contributed by atoms with Gasteiger partial charge in [-0.1, -0.05) is 23.2 Å². The average Bonchev–Trinajstić information content (AvgIpc) is 2.93. The second kappa shape index (κ2) is 5.58. The highest BCUT2D eigenvalue weighted by Crippen LogP contribution is 2.33. The Morgan fingerprint density at radius 2 is 1.92 bits per heavy atom. The Balaban J connectivity index is 2.17. The van der Waals surface area contributed by atoms with Gasteiger partial charge in [-0.15, -0.1) is 10.2 Å². The quantitative estimate of drug-likeness (QED) is 0.541. The molecular formula is C16H11Cl2N5O. The molecule has 0 atom stereocenters. The van der Waals surface area contributed by atoms with Crippen molar-refractivity contribution >= 4 is 40.0 Å². The van der Waals surface area contributed by atoms with E-state index >= 15 is 0 Å². The molecule has 0 bridgehead atoms. The minimum absolute atomic E-state index is 0.541. The number of aromatic nitrogens is 5. The lowest BCUT2D eigenvalue weighted by molar-refractivity contribution is 0.418. The number of fused-ring (bicyclic) bond motifs is 3. The summed E-state index contributed by atoms with van der Waals surface area (Å²) in [6.45, 7) is 1.86. The van der Waals surface area contributed by atoms with E-state index in [1.165, 1.54) is 0 Å². The zero-order valence-electron chi connectivity index (χ0n) is 12.8. The first-order valence-corrected chi connectivity index (χ1v) is 7.85. The zero-order valence-corrected chi connectivity index (χ0v) is 14.3. The standard InChI is InChI=1S/C16H11Cl2N5O/c1-8-14-22-21-13-12(24-2)5-6-19-16(13)23(14)15(20-8)10-7-9(17)3-4-11(10)18/h3-7H,1-2H3. The van der Waals surface area contributed by atoms with Crippen molar-refractivity contribution in [3.63, 3.8) is 0 Å². The lowest BCUT2D eigenvalue weighted by atomic mass is 10.2. The van der Waals surface area contributed by atoms with Gasteiger partial charge in [0.25, 0.3) is 0 Å². The van der Waals surface area contributed by atoms with Crippen LogP contribution in [0.4, 0.5) is 0 Å². The van der Waals surface area contributed by atoms with Gasteiger partial charge < -0.3 is 4.74 Å². The Kier molecular flexibility index (Phi) is 3.51. The Hall–Kier alpha value is -2.44. The summed E-state index contributed by atoms with van der Waals surface area (Å²) >= 11 is 12.5. The summed E-state index contributed by atoms with van der Waals surface area (Å²) in [4.78, 5) is 9.04. The van der Waals surface area contributed by atoms with Crippen LogP contribution in [0.15, 0.2) is 30.5 Å². The molecule has 4 rings (SSSR count). The van der Waals surface area contributed by atoms with Gasteiger partial charge in [0.15, 0.2) is 22.6 Å². The van der Waals surface area contributed by atoms with Crippen LogP contribution in [-0.4, -0.2) is 31.7 Å². The Morgan fingerprint density at radius 1 is 1.08 bits per heavy atom. The molecule has 0 saturated heterocycles. The number of halogens is 2. The SMILES string of the molecule is COc1ccnc2c1nnc1c(C)nc(-c3cc(Cl)ccc3Cl)n12. The van der Waals surface area contributed by atoms with Gasteiger partial charge in [0, 0.05) is 22.8 Å². The number of hydrogen-bond acceptors (Lipinski definition) is 5. The summed E-state index contributed by atoms with van der Waals surface area (Å²) in [6.07, 6.45) is 1.65. The molecule has 0 aliphatic heterocycles. The molecule has 0 aliphatic carbocycles. The van der Waals surface area contributed by atoms with Gasteiger partial charge in [-0.05, 0) is 25.1 Å². The van der Waals surface area contributed by atoms with Crippen molar-refractivity contribution in [2.75, 3.05) is 7.11 Å². The lowest BCUT2D eigenvalue weighted by Gasteiger charge is -2.08. The highest BCUT2D eigenvalue weighted by molar-refractivity contribution is 6.35. The van der Waals surface area contributed by atoms with Crippen molar-refractivity contribution in [3.05, 3.63) is 46.2 Å². The highest BCUT2D eigenvalue weighted by Gasteiger charge is 2.19. The number of benzene rings is 1. The summed E-state index contributed by atoms with van der Waals surface area (Å²) in [5.74, 6) is 1.19. The second-order valence-corrected chi connectivity index (χ2v) is 6.03. The number of nitrogens with zero attached hydrogens (tertiary/aromatic N) is 5. The third-order valence-electron chi connectivity index (χ3n) is 3.73. The van der Waals surface area contributed by atoms with Crippen molar-refractivity contribution in [1.29, 1.82) is 0 Å². The normalized spacial score (nSPS) is 11.3. The zero-order chi connectivity index (χ0) is 16.8. The van der Waals surface area contributed by atoms with Crippen LogP contribution in [0, 0.1) is 6.92 Å². The summed E-state index contributed by atoms with van der Waals surface area (Å²) in [5, 5.41) is 9.61. The molecule has 1 aromatic carbocycles. The van der Waals surface area contributed by atoms with Gasteiger partial charge in [0.2, 0.25) is 0 Å². The number of ether oxygens (including phenoxy) is 1. The van der Waals surface area contributed by atoms with Crippen molar-refractivity contribution in [2.24, 2.45) is 0 Å². The minimum atomic E-state index is 0.541. The van der Waals surface area contributed by atoms with Crippen LogP contribution in [0.25, 0.3) is 28.2 Å². The van der Waals surface area contributed by atoms with Crippen LogP contribution in [0.2, 0.25) is 10.0 Å². The van der Waals surface area contributed by atoms with E-state index in [0.29, 0.717) is 44.0 Å². The van der Waals surface area contributed by atoms with Crippen molar-refractivity contribution in [2.45, 2.75) is 6.92 Å². The molecule has 0 radical (unpaired) electrons. The largest absolute Gasteiger partial charge is 0.494 e. The summed E-state index contributed by atoms with van der Waals surface area (Å²) in [6, 6.07) is 6.97. The van der Waals surface area contributed by atoms with Crippen molar-refractivity contribution in [1.82, 2.24) is 24.6 Å². The Bertz CT molecular complexity index is 1090. The Labute approximate surface area is 147 Å². The maximum absolute atomic E-state index is 6.36. The van der Waals surface area contributed by atoms with Crippen molar-refractivity contribution in [3.8, 4) is 17.1 Å². The molecule has 8 heteroatoms. The van der Waals surface area contributed by atoms with Crippen LogP contribution in [0.3, 0.4) is 0 Å². The smallest absolute Gasteiger partial charge is 0.184 e. The summed E-state index contributed by atoms with van der Waals surface area (Å²) < 4.78 is 7.17. The third-order valence-corrected chi connectivity index (χ3v) is 4.30. The van der Waals surface area contributed by atoms with Gasteiger partial charge >= 0.3 is 0 Å². The molecule has 3 heterocycles. The average molecular weight is 360 g/mol. The first kappa shape index (κ1) is 15.1. The highest BCUT2D eigenvalue weighted by atomic mass is 35.5. The molecule has 0 aliphatic rings. The predicted molar refractivity (Wildman–Crippen MR) is 92.8 cm³/mol. The number of methoxy groups -OCH3 is 1. The molecule has 6 nitrogen and oxygen atoms in total. The van der Waals surface area contributed by atoms with E-state index in [4.69, 9.17) is 27.9 Å². The number of pyridine rings is 1. The van der Waals surface area contributed by atoms with Crippen LogP contribution < -0.4 is 4.74 Å². The fraction of sp³-hybridized carbons (Fsp3) is 0.125. The molecule has 0 spiro atoms. The molecule has 0 unspecified atom stereocenters. The molecule has 0 saturated carbocycles. The predicted octanol–water partition coefficient (Wildman–Crippen LogP) is 3.96. The van der Waals surface area contributed by atoms with E-state index in [1.54, 1.807) is 37.6 Å². The minimum Gasteiger partial charge on any atom is -0.494 e. The molecule has 0 amide bonds. The van der Waals surface area contributed by atoms with Gasteiger partial charge in [-0.3, -0.25) is 4.40 Å². The fourth-order valence-corrected chi connectivity index (χ4v) is 3.01. The van der Waals surface area contributed by atoms with Crippen LogP contribution >= 0.6 is 23.2 Å². The second-order valence-electron chi connectivity index (χ2n) is 5.19. The van der Waals surface area contributed by atoms with Crippen LogP contribution in [0.1, 0.15) is 5.69 Å². The first-order valence-electron chi connectivity index (χ1n) is 7.10. The number of imidazole rings is 1. The third kappa shape index (κ3) is 2.18. The molecule has 0 N–H and O–H groups in total. The number of rotatable bonds is 2. The van der Waals surface area contributed by atoms with E-state index in [-0.39, 0.29) is 0 Å². The van der Waals surface area contributed by atoms with E-state index in [2.05, 4.69) is 20.2 Å². The Morgan fingerprint density at radius 3 is 2.71 bits per heavy atom.